The zero-order valence-electron chi connectivity index (χ0n) is 18.9. The zero-order chi connectivity index (χ0) is 22.0. The minimum atomic E-state index is -3.42. The van der Waals surface area contributed by atoms with Gasteiger partial charge in [0.15, 0.2) is 0 Å². The number of carbonyl (C=O) groups excluding carboxylic acids is 1. The van der Waals surface area contributed by atoms with Crippen LogP contribution in [0.4, 0.5) is 11.4 Å². The third-order valence-electron chi connectivity index (χ3n) is 5.40. The number of benzene rings is 1. The molecule has 1 aliphatic heterocycles. The summed E-state index contributed by atoms with van der Waals surface area (Å²) in [5, 5.41) is 2.97. The quantitative estimate of drug-likeness (QED) is 0.436. The van der Waals surface area contributed by atoms with E-state index in [0.717, 1.165) is 50.9 Å². The first-order valence-electron chi connectivity index (χ1n) is 11.5. The van der Waals surface area contributed by atoms with E-state index in [2.05, 4.69) is 35.7 Å². The van der Waals surface area contributed by atoms with Crippen LogP contribution in [0.5, 0.6) is 0 Å². The van der Waals surface area contributed by atoms with Crippen molar-refractivity contribution in [2.45, 2.75) is 72.1 Å². The lowest BCUT2D eigenvalue weighted by Gasteiger charge is -2.22. The summed E-state index contributed by atoms with van der Waals surface area (Å²) in [6.45, 7) is 8.71. The molecule has 1 heterocycles. The fraction of sp³-hybridized carbons (Fsp3) is 0.696. The minimum absolute atomic E-state index is 0.113. The molecule has 2 rings (SSSR count). The number of nitrogens with zero attached hydrogens (tertiary/aromatic N) is 1. The van der Waals surface area contributed by atoms with Crippen LogP contribution in [-0.2, 0) is 10.0 Å². The van der Waals surface area contributed by atoms with Gasteiger partial charge in [-0.1, -0.05) is 52.9 Å². The van der Waals surface area contributed by atoms with Crippen molar-refractivity contribution >= 4 is 27.3 Å². The van der Waals surface area contributed by atoms with Crippen LogP contribution in [0.2, 0.25) is 0 Å². The van der Waals surface area contributed by atoms with Crippen LogP contribution >= 0.6 is 0 Å². The van der Waals surface area contributed by atoms with Crippen molar-refractivity contribution in [3.8, 4) is 0 Å². The number of rotatable bonds is 13. The smallest absolute Gasteiger partial charge is 0.253 e. The van der Waals surface area contributed by atoms with Crippen molar-refractivity contribution in [3.63, 3.8) is 0 Å². The lowest BCUT2D eigenvalue weighted by molar-refractivity contribution is 0.0949. The van der Waals surface area contributed by atoms with E-state index < -0.39 is 10.0 Å². The third kappa shape index (κ3) is 8.17. The van der Waals surface area contributed by atoms with Crippen LogP contribution in [0.3, 0.4) is 0 Å². The average molecular weight is 438 g/mol. The zero-order valence-corrected chi connectivity index (χ0v) is 19.7. The Bertz CT molecular complexity index is 772. The lowest BCUT2D eigenvalue weighted by atomic mass is 10.1. The molecule has 0 radical (unpaired) electrons. The number of unbranched alkanes of at least 4 members (excludes halogenated alkanes) is 5. The Hall–Kier alpha value is -1.76. The van der Waals surface area contributed by atoms with Crippen molar-refractivity contribution in [1.29, 1.82) is 0 Å². The number of anilines is 2. The minimum Gasteiger partial charge on any atom is -0.371 e. The highest BCUT2D eigenvalue weighted by atomic mass is 32.2. The van der Waals surface area contributed by atoms with Gasteiger partial charge < -0.3 is 10.2 Å². The van der Waals surface area contributed by atoms with Gasteiger partial charge in [-0.25, -0.2) is 8.42 Å². The summed E-state index contributed by atoms with van der Waals surface area (Å²) in [6.07, 6.45) is 8.44. The second kappa shape index (κ2) is 12.2. The summed E-state index contributed by atoms with van der Waals surface area (Å²) in [4.78, 5) is 15.0. The Morgan fingerprint density at radius 1 is 1.07 bits per heavy atom. The highest BCUT2D eigenvalue weighted by Gasteiger charge is 2.21. The van der Waals surface area contributed by atoms with Gasteiger partial charge >= 0.3 is 0 Å². The summed E-state index contributed by atoms with van der Waals surface area (Å²) in [6, 6.07) is 5.33. The molecular weight excluding hydrogens is 398 g/mol. The number of nitrogens with one attached hydrogen (secondary N) is 2. The molecule has 0 unspecified atom stereocenters. The van der Waals surface area contributed by atoms with E-state index in [-0.39, 0.29) is 11.7 Å². The molecule has 0 aliphatic carbocycles. The Balaban J connectivity index is 2.06. The van der Waals surface area contributed by atoms with E-state index in [1.54, 1.807) is 12.1 Å². The van der Waals surface area contributed by atoms with E-state index in [4.69, 9.17) is 0 Å². The molecule has 1 saturated heterocycles. The van der Waals surface area contributed by atoms with Crippen LogP contribution < -0.4 is 14.9 Å². The first-order valence-corrected chi connectivity index (χ1v) is 13.2. The van der Waals surface area contributed by atoms with Gasteiger partial charge in [-0.3, -0.25) is 9.52 Å². The number of sulfonamides is 1. The van der Waals surface area contributed by atoms with Gasteiger partial charge in [0.1, 0.15) is 0 Å². The van der Waals surface area contributed by atoms with Gasteiger partial charge in [-0.15, -0.1) is 0 Å². The average Bonchev–Trinajstić information content (AvgIpc) is 3.23. The molecule has 1 aromatic carbocycles. The monoisotopic (exact) mass is 437 g/mol. The molecule has 7 heteroatoms. The third-order valence-corrected chi connectivity index (χ3v) is 6.77. The van der Waals surface area contributed by atoms with Crippen molar-refractivity contribution in [1.82, 2.24) is 5.32 Å². The molecule has 0 spiro atoms. The topological polar surface area (TPSA) is 78.5 Å². The summed E-state index contributed by atoms with van der Waals surface area (Å²) in [5.41, 5.74) is 1.88. The molecule has 0 atom stereocenters. The van der Waals surface area contributed by atoms with Gasteiger partial charge in [0.2, 0.25) is 10.0 Å². The van der Waals surface area contributed by atoms with Crippen LogP contribution in [0.1, 0.15) is 82.5 Å². The molecule has 1 fully saturated rings. The Morgan fingerprint density at radius 3 is 2.40 bits per heavy atom. The summed E-state index contributed by atoms with van der Waals surface area (Å²) in [5.74, 6) is 0.313. The predicted octanol–water partition coefficient (Wildman–Crippen LogP) is 4.77. The number of amides is 1. The molecule has 0 aromatic heterocycles. The molecule has 1 aliphatic rings. The first kappa shape index (κ1) is 24.5. The molecule has 6 nitrogen and oxygen atoms in total. The van der Waals surface area contributed by atoms with Crippen LogP contribution in [-0.4, -0.2) is 39.7 Å². The molecule has 1 aromatic rings. The van der Waals surface area contributed by atoms with E-state index in [0.29, 0.717) is 30.1 Å². The Morgan fingerprint density at radius 2 is 1.73 bits per heavy atom. The Labute approximate surface area is 182 Å². The molecule has 170 valence electrons. The summed E-state index contributed by atoms with van der Waals surface area (Å²) in [7, 11) is -3.42. The maximum absolute atomic E-state index is 12.8. The van der Waals surface area contributed by atoms with Crippen molar-refractivity contribution in [2.24, 2.45) is 5.92 Å². The predicted molar refractivity (Wildman–Crippen MR) is 126 cm³/mol. The van der Waals surface area contributed by atoms with Gasteiger partial charge in [-0.05, 0) is 43.4 Å². The van der Waals surface area contributed by atoms with Gasteiger partial charge in [0.05, 0.1) is 11.3 Å². The number of carbonyl (C=O) groups is 1. The van der Waals surface area contributed by atoms with E-state index in [1.807, 2.05) is 6.07 Å². The summed E-state index contributed by atoms with van der Waals surface area (Å²) < 4.78 is 27.7. The number of hydrogen-bond donors (Lipinski definition) is 2. The normalized spacial score (nSPS) is 14.3. The molecular formula is C23H39N3O3S. The van der Waals surface area contributed by atoms with Gasteiger partial charge in [-0.2, -0.15) is 0 Å². The van der Waals surface area contributed by atoms with Crippen molar-refractivity contribution in [2.75, 3.05) is 35.0 Å². The highest BCUT2D eigenvalue weighted by molar-refractivity contribution is 7.92. The van der Waals surface area contributed by atoms with Gasteiger partial charge in [0.25, 0.3) is 5.91 Å². The van der Waals surface area contributed by atoms with Crippen LogP contribution in [0, 0.1) is 5.92 Å². The molecule has 1 amide bonds. The van der Waals surface area contributed by atoms with Crippen LogP contribution in [0.25, 0.3) is 0 Å². The second-order valence-corrected chi connectivity index (χ2v) is 10.6. The first-order chi connectivity index (χ1) is 14.3. The van der Waals surface area contributed by atoms with Crippen molar-refractivity contribution in [3.05, 3.63) is 23.8 Å². The van der Waals surface area contributed by atoms with E-state index >= 15 is 0 Å². The Kier molecular flexibility index (Phi) is 9.95. The maximum atomic E-state index is 12.8. The highest BCUT2D eigenvalue weighted by Crippen LogP contribution is 2.28. The van der Waals surface area contributed by atoms with E-state index in [1.165, 1.54) is 12.8 Å². The molecule has 2 N–H and O–H groups in total. The largest absolute Gasteiger partial charge is 0.371 e. The van der Waals surface area contributed by atoms with E-state index in [9.17, 15) is 13.2 Å². The molecule has 0 bridgehead atoms. The fourth-order valence-corrected chi connectivity index (χ4v) is 4.88. The standard InChI is InChI=1S/C23H39N3O3S/c1-4-5-6-7-8-11-16-30(28,29)25-20-12-13-22(26-14-9-10-15-26)21(17-20)23(27)24-18-19(2)3/h12-13,17,19,25H,4-11,14-16,18H2,1-3H3,(H,24,27). The SMILES string of the molecule is CCCCCCCCS(=O)(=O)Nc1ccc(N2CCCC2)c(C(=O)NCC(C)C)c1. The maximum Gasteiger partial charge on any atom is 0.253 e. The fourth-order valence-electron chi connectivity index (χ4n) is 3.71. The second-order valence-electron chi connectivity index (χ2n) is 8.72. The molecule has 30 heavy (non-hydrogen) atoms. The molecule has 0 saturated carbocycles. The summed E-state index contributed by atoms with van der Waals surface area (Å²) >= 11 is 0. The van der Waals surface area contributed by atoms with Crippen LogP contribution in [0.15, 0.2) is 18.2 Å². The van der Waals surface area contributed by atoms with Gasteiger partial charge in [0, 0.05) is 31.0 Å². The van der Waals surface area contributed by atoms with Crippen molar-refractivity contribution < 1.29 is 13.2 Å². The lowest BCUT2D eigenvalue weighted by Crippen LogP contribution is -2.30. The number of hydrogen-bond acceptors (Lipinski definition) is 4.